The Bertz CT molecular complexity index is 404. The highest BCUT2D eigenvalue weighted by molar-refractivity contribution is 6.34. The SMILES string of the molecule is NCC1CC(=O)N(c2cc(Cl)cc(Cl)n2)C1. The smallest absolute Gasteiger partial charge is 0.228 e. The summed E-state index contributed by atoms with van der Waals surface area (Å²) in [5, 5.41) is 0.755. The van der Waals surface area contributed by atoms with Gasteiger partial charge < -0.3 is 5.73 Å². The lowest BCUT2D eigenvalue weighted by atomic mass is 10.1. The summed E-state index contributed by atoms with van der Waals surface area (Å²) >= 11 is 11.6. The molecule has 1 amide bonds. The van der Waals surface area contributed by atoms with Crippen molar-refractivity contribution in [2.45, 2.75) is 6.42 Å². The van der Waals surface area contributed by atoms with Crippen molar-refractivity contribution in [1.82, 2.24) is 4.98 Å². The third-order valence-corrected chi connectivity index (χ3v) is 2.97. The van der Waals surface area contributed by atoms with E-state index >= 15 is 0 Å². The first kappa shape index (κ1) is 11.6. The molecule has 0 aromatic carbocycles. The van der Waals surface area contributed by atoms with Gasteiger partial charge in [-0.05, 0) is 24.6 Å². The maximum Gasteiger partial charge on any atom is 0.228 e. The lowest BCUT2D eigenvalue weighted by molar-refractivity contribution is -0.117. The third-order valence-electron chi connectivity index (χ3n) is 2.56. The van der Waals surface area contributed by atoms with E-state index in [2.05, 4.69) is 4.98 Å². The Kier molecular flexibility index (Phi) is 3.33. The number of amides is 1. The van der Waals surface area contributed by atoms with Crippen LogP contribution in [0.1, 0.15) is 6.42 Å². The van der Waals surface area contributed by atoms with Crippen LogP contribution in [0.15, 0.2) is 12.1 Å². The number of rotatable bonds is 2. The molecule has 86 valence electrons. The number of carbonyl (C=O) groups is 1. The molecular formula is C10H11Cl2N3O. The molecular weight excluding hydrogens is 249 g/mol. The maximum absolute atomic E-state index is 11.7. The third kappa shape index (κ3) is 2.29. The van der Waals surface area contributed by atoms with E-state index in [1.807, 2.05) is 0 Å². The zero-order chi connectivity index (χ0) is 11.7. The zero-order valence-electron chi connectivity index (χ0n) is 8.49. The number of carbonyl (C=O) groups excluding carboxylic acids is 1. The van der Waals surface area contributed by atoms with Crippen molar-refractivity contribution in [2.24, 2.45) is 11.7 Å². The van der Waals surface area contributed by atoms with E-state index in [4.69, 9.17) is 28.9 Å². The number of aromatic nitrogens is 1. The van der Waals surface area contributed by atoms with Crippen molar-refractivity contribution in [3.8, 4) is 0 Å². The van der Waals surface area contributed by atoms with Crippen molar-refractivity contribution in [3.63, 3.8) is 0 Å². The Labute approximate surface area is 103 Å². The van der Waals surface area contributed by atoms with Gasteiger partial charge in [-0.2, -0.15) is 0 Å². The minimum Gasteiger partial charge on any atom is -0.330 e. The molecule has 2 heterocycles. The highest BCUT2D eigenvalue weighted by Gasteiger charge is 2.30. The van der Waals surface area contributed by atoms with Crippen LogP contribution in [0.2, 0.25) is 10.2 Å². The summed E-state index contributed by atoms with van der Waals surface area (Å²) in [5.74, 6) is 0.701. The summed E-state index contributed by atoms with van der Waals surface area (Å²) in [5.41, 5.74) is 5.54. The quantitative estimate of drug-likeness (QED) is 0.823. The van der Waals surface area contributed by atoms with E-state index in [0.717, 1.165) is 0 Å². The molecule has 0 radical (unpaired) electrons. The predicted molar refractivity (Wildman–Crippen MR) is 63.8 cm³/mol. The standard InChI is InChI=1S/C10H11Cl2N3O/c11-7-2-8(12)14-9(3-7)15-5-6(4-13)1-10(15)16/h2-3,6H,1,4-5,13H2. The molecule has 6 heteroatoms. The highest BCUT2D eigenvalue weighted by Crippen LogP contribution is 2.26. The van der Waals surface area contributed by atoms with Gasteiger partial charge in [0.15, 0.2) is 0 Å². The van der Waals surface area contributed by atoms with Gasteiger partial charge in [0.2, 0.25) is 5.91 Å². The fraction of sp³-hybridized carbons (Fsp3) is 0.400. The van der Waals surface area contributed by atoms with Crippen molar-refractivity contribution in [2.75, 3.05) is 18.0 Å². The molecule has 1 aliphatic heterocycles. The summed E-state index contributed by atoms with van der Waals surface area (Å²) in [6.07, 6.45) is 0.461. The first-order valence-electron chi connectivity index (χ1n) is 4.93. The molecule has 1 aliphatic rings. The van der Waals surface area contributed by atoms with E-state index in [9.17, 15) is 4.79 Å². The van der Waals surface area contributed by atoms with Crippen molar-refractivity contribution in [1.29, 1.82) is 0 Å². The number of pyridine rings is 1. The number of halogens is 2. The van der Waals surface area contributed by atoms with Gasteiger partial charge in [0.05, 0.1) is 0 Å². The van der Waals surface area contributed by atoms with Crippen molar-refractivity contribution < 1.29 is 4.79 Å². The highest BCUT2D eigenvalue weighted by atomic mass is 35.5. The first-order chi connectivity index (χ1) is 7.60. The van der Waals surface area contributed by atoms with Crippen LogP contribution in [0.3, 0.4) is 0 Å². The van der Waals surface area contributed by atoms with Gasteiger partial charge in [-0.1, -0.05) is 23.2 Å². The van der Waals surface area contributed by atoms with E-state index in [-0.39, 0.29) is 17.0 Å². The molecule has 0 aliphatic carbocycles. The van der Waals surface area contributed by atoms with Crippen LogP contribution in [-0.2, 0) is 4.79 Å². The largest absolute Gasteiger partial charge is 0.330 e. The van der Waals surface area contributed by atoms with Gasteiger partial charge in [-0.15, -0.1) is 0 Å². The molecule has 2 N–H and O–H groups in total. The normalized spacial score (nSPS) is 20.6. The Morgan fingerprint density at radius 2 is 2.25 bits per heavy atom. The molecule has 1 fully saturated rings. The number of anilines is 1. The second kappa shape index (κ2) is 4.57. The van der Waals surface area contributed by atoms with Gasteiger partial charge >= 0.3 is 0 Å². The van der Waals surface area contributed by atoms with Crippen LogP contribution < -0.4 is 10.6 Å². The Morgan fingerprint density at radius 3 is 2.81 bits per heavy atom. The summed E-state index contributed by atoms with van der Waals surface area (Å²) in [4.78, 5) is 17.4. The van der Waals surface area contributed by atoms with Crippen LogP contribution in [0.4, 0.5) is 5.82 Å². The number of hydrogen-bond acceptors (Lipinski definition) is 3. The Morgan fingerprint density at radius 1 is 1.50 bits per heavy atom. The van der Waals surface area contributed by atoms with E-state index in [0.29, 0.717) is 30.4 Å². The summed E-state index contributed by atoms with van der Waals surface area (Å²) in [6.45, 7) is 1.08. The minimum atomic E-state index is 0.0151. The molecule has 1 atom stereocenters. The summed E-state index contributed by atoms with van der Waals surface area (Å²) in [6, 6.07) is 3.16. The number of hydrogen-bond donors (Lipinski definition) is 1. The second-order valence-corrected chi connectivity index (χ2v) is 4.60. The van der Waals surface area contributed by atoms with E-state index < -0.39 is 0 Å². The molecule has 0 bridgehead atoms. The van der Waals surface area contributed by atoms with Crippen LogP contribution in [0.25, 0.3) is 0 Å². The first-order valence-corrected chi connectivity index (χ1v) is 5.69. The predicted octanol–water partition coefficient (Wildman–Crippen LogP) is 1.70. The summed E-state index contributed by atoms with van der Waals surface area (Å²) in [7, 11) is 0. The van der Waals surface area contributed by atoms with E-state index in [1.165, 1.54) is 6.07 Å². The Hall–Kier alpha value is -0.840. The average molecular weight is 260 g/mol. The molecule has 1 unspecified atom stereocenters. The molecule has 16 heavy (non-hydrogen) atoms. The average Bonchev–Trinajstić information content (AvgIpc) is 2.58. The lowest BCUT2D eigenvalue weighted by Crippen LogP contribution is -2.26. The van der Waals surface area contributed by atoms with Gasteiger partial charge in [0.1, 0.15) is 11.0 Å². The fourth-order valence-electron chi connectivity index (χ4n) is 1.75. The molecule has 1 saturated heterocycles. The van der Waals surface area contributed by atoms with Crippen LogP contribution in [-0.4, -0.2) is 24.0 Å². The van der Waals surface area contributed by atoms with Crippen molar-refractivity contribution in [3.05, 3.63) is 22.3 Å². The molecule has 4 nitrogen and oxygen atoms in total. The van der Waals surface area contributed by atoms with E-state index in [1.54, 1.807) is 11.0 Å². The van der Waals surface area contributed by atoms with Crippen LogP contribution in [0.5, 0.6) is 0 Å². The minimum absolute atomic E-state index is 0.0151. The van der Waals surface area contributed by atoms with Gasteiger partial charge in [-0.3, -0.25) is 9.69 Å². The fourth-order valence-corrected chi connectivity index (χ4v) is 2.21. The molecule has 0 spiro atoms. The zero-order valence-corrected chi connectivity index (χ0v) is 10.0. The molecule has 2 rings (SSSR count). The molecule has 1 aromatic heterocycles. The topological polar surface area (TPSA) is 59.2 Å². The molecule has 0 saturated carbocycles. The monoisotopic (exact) mass is 259 g/mol. The summed E-state index contributed by atoms with van der Waals surface area (Å²) < 4.78 is 0. The lowest BCUT2D eigenvalue weighted by Gasteiger charge is -2.15. The molecule has 1 aromatic rings. The van der Waals surface area contributed by atoms with Crippen LogP contribution in [0, 0.1) is 5.92 Å². The number of nitrogens with two attached hydrogens (primary N) is 1. The van der Waals surface area contributed by atoms with Gasteiger partial charge in [0.25, 0.3) is 0 Å². The number of nitrogens with zero attached hydrogens (tertiary/aromatic N) is 2. The second-order valence-electron chi connectivity index (χ2n) is 3.78. The van der Waals surface area contributed by atoms with Crippen LogP contribution >= 0.6 is 23.2 Å². The van der Waals surface area contributed by atoms with Gasteiger partial charge in [-0.25, -0.2) is 4.98 Å². The Balaban J connectivity index is 2.27. The van der Waals surface area contributed by atoms with Crippen molar-refractivity contribution >= 4 is 34.9 Å². The van der Waals surface area contributed by atoms with Gasteiger partial charge in [0, 0.05) is 18.0 Å². The maximum atomic E-state index is 11.7.